The molecular weight excluding hydrogens is 207 g/mol. The summed E-state index contributed by atoms with van der Waals surface area (Å²) in [5.74, 6) is 0. The molecule has 0 nitrogen and oxygen atoms in total. The van der Waals surface area contributed by atoms with Crippen LogP contribution in [0.3, 0.4) is 0 Å². The van der Waals surface area contributed by atoms with E-state index in [1.165, 1.54) is 5.56 Å². The zero-order valence-electron chi connectivity index (χ0n) is 6.19. The second-order valence-electron chi connectivity index (χ2n) is 2.39. The quantitative estimate of drug-likeness (QED) is 0.682. The predicted molar refractivity (Wildman–Crippen MR) is 48.8 cm³/mol. The first-order valence-electron chi connectivity index (χ1n) is 3.56. The SMILES string of the molecule is FCCc1cccc(CBr)c1. The van der Waals surface area contributed by atoms with Crippen molar-refractivity contribution in [3.63, 3.8) is 0 Å². The number of hydrogen-bond acceptors (Lipinski definition) is 0. The highest BCUT2D eigenvalue weighted by molar-refractivity contribution is 9.08. The van der Waals surface area contributed by atoms with Gasteiger partial charge in [-0.3, -0.25) is 4.39 Å². The molecule has 0 N–H and O–H groups in total. The van der Waals surface area contributed by atoms with Crippen molar-refractivity contribution in [3.8, 4) is 0 Å². The van der Waals surface area contributed by atoms with E-state index in [-0.39, 0.29) is 6.67 Å². The van der Waals surface area contributed by atoms with Crippen LogP contribution in [0.25, 0.3) is 0 Å². The van der Waals surface area contributed by atoms with Crippen LogP contribution in [0.5, 0.6) is 0 Å². The average molecular weight is 217 g/mol. The Morgan fingerprint density at radius 1 is 1.27 bits per heavy atom. The first kappa shape index (κ1) is 8.72. The lowest BCUT2D eigenvalue weighted by Gasteiger charge is -1.99. The number of benzene rings is 1. The highest BCUT2D eigenvalue weighted by atomic mass is 79.9. The van der Waals surface area contributed by atoms with E-state index in [1.54, 1.807) is 0 Å². The Balaban J connectivity index is 2.74. The molecule has 1 aromatic rings. The maximum atomic E-state index is 11.9. The van der Waals surface area contributed by atoms with Gasteiger partial charge in [0.1, 0.15) is 0 Å². The molecule has 0 radical (unpaired) electrons. The van der Waals surface area contributed by atoms with Crippen molar-refractivity contribution in [2.75, 3.05) is 6.67 Å². The van der Waals surface area contributed by atoms with Crippen molar-refractivity contribution in [1.82, 2.24) is 0 Å². The fraction of sp³-hybridized carbons (Fsp3) is 0.333. The molecule has 0 saturated heterocycles. The predicted octanol–water partition coefficient (Wildman–Crippen LogP) is 3.09. The van der Waals surface area contributed by atoms with Crippen LogP contribution < -0.4 is 0 Å². The third-order valence-corrected chi connectivity index (χ3v) is 2.18. The summed E-state index contributed by atoms with van der Waals surface area (Å²) in [6.45, 7) is -0.272. The number of rotatable bonds is 3. The van der Waals surface area contributed by atoms with E-state index in [9.17, 15) is 4.39 Å². The fourth-order valence-corrected chi connectivity index (χ4v) is 1.33. The molecule has 60 valence electrons. The Bertz CT molecular complexity index is 223. The molecule has 2 heteroatoms. The summed E-state index contributed by atoms with van der Waals surface area (Å²) in [5.41, 5.74) is 2.28. The van der Waals surface area contributed by atoms with E-state index in [4.69, 9.17) is 0 Å². The summed E-state index contributed by atoms with van der Waals surface area (Å²) in [6.07, 6.45) is 0.529. The van der Waals surface area contributed by atoms with Crippen LogP contribution in [-0.2, 0) is 11.8 Å². The Labute approximate surface area is 74.6 Å². The van der Waals surface area contributed by atoms with E-state index >= 15 is 0 Å². The average Bonchev–Trinajstić information content (AvgIpc) is 2.06. The lowest BCUT2D eigenvalue weighted by Crippen LogP contribution is -1.87. The van der Waals surface area contributed by atoms with Crippen molar-refractivity contribution >= 4 is 15.9 Å². The summed E-state index contributed by atoms with van der Waals surface area (Å²) in [6, 6.07) is 7.96. The molecule has 0 aliphatic heterocycles. The number of alkyl halides is 2. The molecule has 0 aromatic heterocycles. The third-order valence-electron chi connectivity index (χ3n) is 1.53. The summed E-state index contributed by atoms with van der Waals surface area (Å²) in [5, 5.41) is 0.840. The Kier molecular flexibility index (Phi) is 3.57. The number of aryl methyl sites for hydroxylation is 1. The normalized spacial score (nSPS) is 10.0. The Morgan fingerprint density at radius 2 is 2.00 bits per heavy atom. The van der Waals surface area contributed by atoms with Crippen molar-refractivity contribution < 1.29 is 4.39 Å². The molecule has 0 unspecified atom stereocenters. The second-order valence-corrected chi connectivity index (χ2v) is 2.95. The molecule has 0 atom stereocenters. The molecule has 0 spiro atoms. The summed E-state index contributed by atoms with van der Waals surface area (Å²) < 4.78 is 11.9. The van der Waals surface area contributed by atoms with Crippen LogP contribution >= 0.6 is 15.9 Å². The van der Waals surface area contributed by atoms with Crippen molar-refractivity contribution in [1.29, 1.82) is 0 Å². The lowest BCUT2D eigenvalue weighted by atomic mass is 10.1. The number of hydrogen-bond donors (Lipinski definition) is 0. The first-order chi connectivity index (χ1) is 5.36. The highest BCUT2D eigenvalue weighted by Gasteiger charge is 1.93. The van der Waals surface area contributed by atoms with Crippen LogP contribution in [0.2, 0.25) is 0 Å². The van der Waals surface area contributed by atoms with Crippen molar-refractivity contribution in [2.24, 2.45) is 0 Å². The standard InChI is InChI=1S/C9H10BrF/c10-7-9-3-1-2-8(6-9)4-5-11/h1-3,6H,4-5,7H2. The van der Waals surface area contributed by atoms with Crippen molar-refractivity contribution in [2.45, 2.75) is 11.8 Å². The van der Waals surface area contributed by atoms with E-state index in [1.807, 2.05) is 24.3 Å². The molecule has 11 heavy (non-hydrogen) atoms. The van der Waals surface area contributed by atoms with Crippen molar-refractivity contribution in [3.05, 3.63) is 35.4 Å². The second kappa shape index (κ2) is 4.50. The largest absolute Gasteiger partial charge is 0.251 e. The first-order valence-corrected chi connectivity index (χ1v) is 4.68. The van der Waals surface area contributed by atoms with Gasteiger partial charge in [-0.1, -0.05) is 40.2 Å². The molecule has 0 fully saturated rings. The van der Waals surface area contributed by atoms with Gasteiger partial charge >= 0.3 is 0 Å². The van der Waals surface area contributed by atoms with Gasteiger partial charge in [0.05, 0.1) is 6.67 Å². The van der Waals surface area contributed by atoms with Gasteiger partial charge in [0.2, 0.25) is 0 Å². The minimum Gasteiger partial charge on any atom is -0.251 e. The number of halogens is 2. The van der Waals surface area contributed by atoms with Gasteiger partial charge in [0.25, 0.3) is 0 Å². The van der Waals surface area contributed by atoms with E-state index in [0.717, 1.165) is 10.9 Å². The summed E-state index contributed by atoms with van der Waals surface area (Å²) in [7, 11) is 0. The molecule has 0 saturated carbocycles. The third kappa shape index (κ3) is 2.62. The molecule has 1 rings (SSSR count). The molecule has 0 bridgehead atoms. The molecule has 0 aliphatic carbocycles. The monoisotopic (exact) mass is 216 g/mol. The van der Waals surface area contributed by atoms with Crippen LogP contribution in [0.15, 0.2) is 24.3 Å². The Morgan fingerprint density at radius 3 is 2.64 bits per heavy atom. The zero-order valence-corrected chi connectivity index (χ0v) is 7.77. The Hall–Kier alpha value is -0.370. The van der Waals surface area contributed by atoms with Crippen LogP contribution in [0.4, 0.5) is 4.39 Å². The lowest BCUT2D eigenvalue weighted by molar-refractivity contribution is 0.495. The van der Waals surface area contributed by atoms with Gasteiger partial charge in [-0.05, 0) is 11.1 Å². The minimum absolute atomic E-state index is 0.272. The molecule has 0 heterocycles. The van der Waals surface area contributed by atoms with Gasteiger partial charge in [-0.15, -0.1) is 0 Å². The summed E-state index contributed by atoms with van der Waals surface area (Å²) in [4.78, 5) is 0. The van der Waals surface area contributed by atoms with Gasteiger partial charge in [-0.25, -0.2) is 0 Å². The van der Waals surface area contributed by atoms with Crippen LogP contribution in [0, 0.1) is 0 Å². The maximum Gasteiger partial charge on any atom is 0.0934 e. The smallest absolute Gasteiger partial charge is 0.0934 e. The molecule has 0 aliphatic rings. The minimum atomic E-state index is -0.272. The van der Waals surface area contributed by atoms with E-state index in [0.29, 0.717) is 6.42 Å². The van der Waals surface area contributed by atoms with Gasteiger partial charge in [0.15, 0.2) is 0 Å². The molecule has 1 aromatic carbocycles. The fourth-order valence-electron chi connectivity index (χ4n) is 0.977. The summed E-state index contributed by atoms with van der Waals surface area (Å²) >= 11 is 3.35. The maximum absolute atomic E-state index is 11.9. The topological polar surface area (TPSA) is 0 Å². The van der Waals surface area contributed by atoms with E-state index in [2.05, 4.69) is 15.9 Å². The molecular formula is C9H10BrF. The highest BCUT2D eigenvalue weighted by Crippen LogP contribution is 2.09. The van der Waals surface area contributed by atoms with Gasteiger partial charge in [0, 0.05) is 11.8 Å². The van der Waals surface area contributed by atoms with E-state index < -0.39 is 0 Å². The molecule has 0 amide bonds. The van der Waals surface area contributed by atoms with Gasteiger partial charge < -0.3 is 0 Å². The zero-order chi connectivity index (χ0) is 8.10. The van der Waals surface area contributed by atoms with Crippen LogP contribution in [0.1, 0.15) is 11.1 Å². The van der Waals surface area contributed by atoms with Gasteiger partial charge in [-0.2, -0.15) is 0 Å². The van der Waals surface area contributed by atoms with Crippen LogP contribution in [-0.4, -0.2) is 6.67 Å².